The second kappa shape index (κ2) is 6.21. The first-order chi connectivity index (χ1) is 8.69. The van der Waals surface area contributed by atoms with Crippen molar-refractivity contribution in [1.29, 1.82) is 0 Å². The number of aliphatic carboxylic acids is 1. The summed E-state index contributed by atoms with van der Waals surface area (Å²) in [5.74, 6) is -1.11. The van der Waals surface area contributed by atoms with Gasteiger partial charge in [-0.15, -0.1) is 0 Å². The van der Waals surface area contributed by atoms with Crippen LogP contribution in [0.15, 0.2) is 0 Å². The lowest BCUT2D eigenvalue weighted by Crippen LogP contribution is -2.51. The van der Waals surface area contributed by atoms with E-state index in [0.29, 0.717) is 6.54 Å². The minimum Gasteiger partial charge on any atom is -0.481 e. The minimum absolute atomic E-state index is 0.128. The first-order valence-electron chi connectivity index (χ1n) is 6.18. The van der Waals surface area contributed by atoms with Crippen molar-refractivity contribution in [2.24, 2.45) is 0 Å². The van der Waals surface area contributed by atoms with E-state index in [9.17, 15) is 14.7 Å². The third-order valence-electron chi connectivity index (χ3n) is 2.56. The van der Waals surface area contributed by atoms with E-state index in [1.54, 1.807) is 20.8 Å². The average Bonchev–Trinajstić information content (AvgIpc) is 2.26. The number of ether oxygens (including phenoxy) is 2. The standard InChI is InChI=1S/C12H21NO6/c1-12(2,3)19-11(17)13-4-5-18-9(7-13)8(14)6-10(15)16/h8-9,14H,4-7H2,1-3H3,(H,15,16)/t8-,9?/m1/s1. The smallest absolute Gasteiger partial charge is 0.410 e. The van der Waals surface area contributed by atoms with Gasteiger partial charge in [-0.2, -0.15) is 0 Å². The van der Waals surface area contributed by atoms with E-state index >= 15 is 0 Å². The van der Waals surface area contributed by atoms with Gasteiger partial charge >= 0.3 is 12.1 Å². The minimum atomic E-state index is -1.14. The highest BCUT2D eigenvalue weighted by Crippen LogP contribution is 2.15. The average molecular weight is 275 g/mol. The van der Waals surface area contributed by atoms with Gasteiger partial charge in [-0.1, -0.05) is 0 Å². The molecule has 1 rings (SSSR count). The molecular formula is C12H21NO6. The molecular weight excluding hydrogens is 254 g/mol. The quantitative estimate of drug-likeness (QED) is 0.776. The van der Waals surface area contributed by atoms with Crippen LogP contribution in [0.3, 0.4) is 0 Å². The van der Waals surface area contributed by atoms with E-state index in [1.807, 2.05) is 0 Å². The first kappa shape index (κ1) is 15.7. The molecule has 1 heterocycles. The molecule has 0 aromatic carbocycles. The number of rotatable bonds is 3. The van der Waals surface area contributed by atoms with Crippen molar-refractivity contribution in [3.8, 4) is 0 Å². The molecule has 2 atom stereocenters. The Hall–Kier alpha value is -1.34. The third kappa shape index (κ3) is 5.44. The molecule has 110 valence electrons. The molecule has 0 aromatic rings. The lowest BCUT2D eigenvalue weighted by atomic mass is 10.1. The van der Waals surface area contributed by atoms with Crippen LogP contribution in [-0.2, 0) is 14.3 Å². The number of hydrogen-bond donors (Lipinski definition) is 2. The Morgan fingerprint density at radius 1 is 1.47 bits per heavy atom. The molecule has 0 spiro atoms. The lowest BCUT2D eigenvalue weighted by Gasteiger charge is -2.35. The second-order valence-corrected chi connectivity index (χ2v) is 5.50. The van der Waals surface area contributed by atoms with E-state index in [0.717, 1.165) is 0 Å². The zero-order valence-electron chi connectivity index (χ0n) is 11.5. The SMILES string of the molecule is CC(C)(C)OC(=O)N1CCOC([C@H](O)CC(=O)O)C1. The van der Waals surface area contributed by atoms with Crippen molar-refractivity contribution in [2.45, 2.75) is 45.0 Å². The summed E-state index contributed by atoms with van der Waals surface area (Å²) in [4.78, 5) is 23.8. The molecule has 1 unspecified atom stereocenters. The molecule has 0 aromatic heterocycles. The maximum Gasteiger partial charge on any atom is 0.410 e. The van der Waals surface area contributed by atoms with Gasteiger partial charge in [0, 0.05) is 6.54 Å². The molecule has 0 radical (unpaired) electrons. The summed E-state index contributed by atoms with van der Waals surface area (Å²) in [6.07, 6.45) is -2.73. The Balaban J connectivity index is 2.54. The van der Waals surface area contributed by atoms with Crippen molar-refractivity contribution in [2.75, 3.05) is 19.7 Å². The van der Waals surface area contributed by atoms with Gasteiger partial charge < -0.3 is 24.6 Å². The first-order valence-corrected chi connectivity index (χ1v) is 6.18. The number of aliphatic hydroxyl groups is 1. The second-order valence-electron chi connectivity index (χ2n) is 5.50. The largest absolute Gasteiger partial charge is 0.481 e. The molecule has 1 fully saturated rings. The summed E-state index contributed by atoms with van der Waals surface area (Å²) >= 11 is 0. The van der Waals surface area contributed by atoms with Crippen LogP contribution in [0.1, 0.15) is 27.2 Å². The van der Waals surface area contributed by atoms with Crippen molar-refractivity contribution < 1.29 is 29.3 Å². The fourth-order valence-corrected chi connectivity index (χ4v) is 1.71. The van der Waals surface area contributed by atoms with E-state index < -0.39 is 36.3 Å². The molecule has 2 N–H and O–H groups in total. The van der Waals surface area contributed by atoms with E-state index in [1.165, 1.54) is 4.90 Å². The molecule has 7 heteroatoms. The summed E-state index contributed by atoms with van der Waals surface area (Å²) < 4.78 is 10.5. The molecule has 0 aliphatic carbocycles. The summed E-state index contributed by atoms with van der Waals surface area (Å²) in [5.41, 5.74) is -0.593. The van der Waals surface area contributed by atoms with Gasteiger partial charge in [0.1, 0.15) is 11.7 Å². The Kier molecular flexibility index (Phi) is 5.13. The Labute approximate surface area is 112 Å². The van der Waals surface area contributed by atoms with Crippen molar-refractivity contribution >= 4 is 12.1 Å². The van der Waals surface area contributed by atoms with Gasteiger partial charge in [0.2, 0.25) is 0 Å². The lowest BCUT2D eigenvalue weighted by molar-refractivity contribution is -0.144. The van der Waals surface area contributed by atoms with Crippen molar-refractivity contribution in [3.63, 3.8) is 0 Å². The number of nitrogens with zero attached hydrogens (tertiary/aromatic N) is 1. The molecule has 0 bridgehead atoms. The maximum absolute atomic E-state index is 11.9. The Morgan fingerprint density at radius 2 is 2.11 bits per heavy atom. The summed E-state index contributed by atoms with van der Waals surface area (Å²) in [6.45, 7) is 6.04. The number of carboxylic acid groups (broad SMARTS) is 1. The van der Waals surface area contributed by atoms with Gasteiger partial charge in [0.25, 0.3) is 0 Å². The maximum atomic E-state index is 11.9. The number of carbonyl (C=O) groups excluding carboxylic acids is 1. The van der Waals surface area contributed by atoms with Crippen molar-refractivity contribution in [1.82, 2.24) is 4.90 Å². The van der Waals surface area contributed by atoms with Crippen LogP contribution in [0, 0.1) is 0 Å². The molecule has 1 amide bonds. The highest BCUT2D eigenvalue weighted by Gasteiger charge is 2.32. The van der Waals surface area contributed by atoms with E-state index in [2.05, 4.69) is 0 Å². The Bertz CT molecular complexity index is 338. The highest BCUT2D eigenvalue weighted by molar-refractivity contribution is 5.68. The third-order valence-corrected chi connectivity index (χ3v) is 2.56. The van der Waals surface area contributed by atoms with E-state index in [-0.39, 0.29) is 13.2 Å². The number of morpholine rings is 1. The molecule has 7 nitrogen and oxygen atoms in total. The van der Waals surface area contributed by atoms with Crippen LogP contribution in [0.2, 0.25) is 0 Å². The highest BCUT2D eigenvalue weighted by atomic mass is 16.6. The van der Waals surface area contributed by atoms with Gasteiger partial charge in [-0.05, 0) is 20.8 Å². The normalized spacial score (nSPS) is 21.9. The molecule has 1 aliphatic heterocycles. The number of amides is 1. The van der Waals surface area contributed by atoms with Gasteiger partial charge in [-0.3, -0.25) is 4.79 Å². The van der Waals surface area contributed by atoms with E-state index in [4.69, 9.17) is 14.6 Å². The molecule has 0 saturated carbocycles. The van der Waals surface area contributed by atoms with Gasteiger partial charge in [-0.25, -0.2) is 4.79 Å². The van der Waals surface area contributed by atoms with Gasteiger partial charge in [0.05, 0.1) is 25.7 Å². The summed E-state index contributed by atoms with van der Waals surface area (Å²) in [6, 6.07) is 0. The molecule has 19 heavy (non-hydrogen) atoms. The Morgan fingerprint density at radius 3 is 2.63 bits per heavy atom. The number of carboxylic acids is 1. The predicted molar refractivity (Wildman–Crippen MR) is 65.8 cm³/mol. The number of hydrogen-bond acceptors (Lipinski definition) is 5. The summed E-state index contributed by atoms with van der Waals surface area (Å²) in [5, 5.41) is 18.3. The zero-order valence-corrected chi connectivity index (χ0v) is 11.5. The fraction of sp³-hybridized carbons (Fsp3) is 0.833. The van der Waals surface area contributed by atoms with Crippen LogP contribution >= 0.6 is 0 Å². The van der Waals surface area contributed by atoms with Crippen LogP contribution in [-0.4, -0.2) is 64.7 Å². The topological polar surface area (TPSA) is 96.3 Å². The number of carbonyl (C=O) groups is 2. The van der Waals surface area contributed by atoms with Crippen molar-refractivity contribution in [3.05, 3.63) is 0 Å². The van der Waals surface area contributed by atoms with Crippen LogP contribution < -0.4 is 0 Å². The fourth-order valence-electron chi connectivity index (χ4n) is 1.71. The van der Waals surface area contributed by atoms with Crippen LogP contribution in [0.5, 0.6) is 0 Å². The number of aliphatic hydroxyl groups excluding tert-OH is 1. The zero-order chi connectivity index (χ0) is 14.6. The molecule has 1 saturated heterocycles. The van der Waals surface area contributed by atoms with Gasteiger partial charge in [0.15, 0.2) is 0 Å². The van der Waals surface area contributed by atoms with Crippen LogP contribution in [0.4, 0.5) is 4.79 Å². The monoisotopic (exact) mass is 275 g/mol. The predicted octanol–water partition coefficient (Wildman–Crippen LogP) is 0.458. The van der Waals surface area contributed by atoms with Crippen LogP contribution in [0.25, 0.3) is 0 Å². The summed E-state index contributed by atoms with van der Waals surface area (Å²) in [7, 11) is 0. The molecule has 1 aliphatic rings.